The molecule has 1 aromatic carbocycles. The zero-order chi connectivity index (χ0) is 20.4. The minimum absolute atomic E-state index is 0.202. The number of hydrogen-bond donors (Lipinski definition) is 1. The SMILES string of the molecule is COC(=O)NCC[C@@]1(C)C(=O)N(C(=O)OC(C)(C)C)c2ccc(OC)cc21. The van der Waals surface area contributed by atoms with Crippen molar-refractivity contribution in [2.45, 2.75) is 45.1 Å². The van der Waals surface area contributed by atoms with E-state index in [2.05, 4.69) is 10.1 Å². The third-order valence-corrected chi connectivity index (χ3v) is 4.37. The van der Waals surface area contributed by atoms with Gasteiger partial charge in [-0.2, -0.15) is 0 Å². The molecule has 0 aliphatic carbocycles. The number of imide groups is 1. The van der Waals surface area contributed by atoms with Crippen molar-refractivity contribution in [3.63, 3.8) is 0 Å². The summed E-state index contributed by atoms with van der Waals surface area (Å²) in [5.74, 6) is 0.159. The zero-order valence-corrected chi connectivity index (χ0v) is 16.5. The first kappa shape index (κ1) is 20.5. The van der Waals surface area contributed by atoms with Gasteiger partial charge in [0.1, 0.15) is 11.4 Å². The smallest absolute Gasteiger partial charge is 0.421 e. The molecule has 1 N–H and O–H groups in total. The van der Waals surface area contributed by atoms with Gasteiger partial charge in [-0.1, -0.05) is 0 Å². The molecule has 0 unspecified atom stereocenters. The second-order valence-electron chi connectivity index (χ2n) is 7.50. The van der Waals surface area contributed by atoms with Gasteiger partial charge < -0.3 is 19.5 Å². The van der Waals surface area contributed by atoms with Crippen LogP contribution in [0.15, 0.2) is 18.2 Å². The Bertz CT molecular complexity index is 755. The fraction of sp³-hybridized carbons (Fsp3) is 0.526. The molecule has 1 atom stereocenters. The average molecular weight is 378 g/mol. The number of rotatable bonds is 4. The summed E-state index contributed by atoms with van der Waals surface area (Å²) in [6.07, 6.45) is -1.04. The van der Waals surface area contributed by atoms with Crippen molar-refractivity contribution < 1.29 is 28.6 Å². The predicted octanol–water partition coefficient (Wildman–Crippen LogP) is 2.98. The molecule has 0 aromatic heterocycles. The van der Waals surface area contributed by atoms with Crippen LogP contribution in [-0.2, 0) is 19.7 Å². The average Bonchev–Trinajstić information content (AvgIpc) is 2.80. The predicted molar refractivity (Wildman–Crippen MR) is 99.1 cm³/mol. The van der Waals surface area contributed by atoms with Crippen LogP contribution in [0.4, 0.5) is 15.3 Å². The van der Waals surface area contributed by atoms with Crippen LogP contribution in [0.3, 0.4) is 0 Å². The van der Waals surface area contributed by atoms with Crippen LogP contribution in [0.2, 0.25) is 0 Å². The van der Waals surface area contributed by atoms with Gasteiger partial charge in [0.25, 0.3) is 0 Å². The second kappa shape index (κ2) is 7.46. The normalized spacial score (nSPS) is 18.7. The van der Waals surface area contributed by atoms with Crippen molar-refractivity contribution in [2.24, 2.45) is 0 Å². The van der Waals surface area contributed by atoms with Crippen LogP contribution in [0, 0.1) is 0 Å². The summed E-state index contributed by atoms with van der Waals surface area (Å²) >= 11 is 0. The van der Waals surface area contributed by atoms with Crippen LogP contribution in [0.1, 0.15) is 39.7 Å². The fourth-order valence-corrected chi connectivity index (χ4v) is 2.97. The summed E-state index contributed by atoms with van der Waals surface area (Å²) in [6.45, 7) is 7.14. The minimum Gasteiger partial charge on any atom is -0.497 e. The van der Waals surface area contributed by atoms with E-state index in [1.807, 2.05) is 0 Å². The summed E-state index contributed by atoms with van der Waals surface area (Å²) in [6, 6.07) is 5.08. The number of benzene rings is 1. The molecule has 0 saturated carbocycles. The Morgan fingerprint density at radius 2 is 1.89 bits per heavy atom. The largest absolute Gasteiger partial charge is 0.497 e. The van der Waals surface area contributed by atoms with E-state index in [0.29, 0.717) is 17.0 Å². The van der Waals surface area contributed by atoms with Crippen molar-refractivity contribution in [3.05, 3.63) is 23.8 Å². The lowest BCUT2D eigenvalue weighted by Crippen LogP contribution is -2.45. The number of alkyl carbamates (subject to hydrolysis) is 1. The molecule has 1 aliphatic heterocycles. The molecule has 8 nitrogen and oxygen atoms in total. The number of nitrogens with zero attached hydrogens (tertiary/aromatic N) is 1. The van der Waals surface area contributed by atoms with Gasteiger partial charge in [-0.3, -0.25) is 4.79 Å². The molecule has 3 amide bonds. The van der Waals surface area contributed by atoms with E-state index in [1.165, 1.54) is 14.2 Å². The fourth-order valence-electron chi connectivity index (χ4n) is 2.97. The number of anilines is 1. The molecule has 2 rings (SSSR count). The number of nitrogens with one attached hydrogen (secondary N) is 1. The standard InChI is InChI=1S/C19H26N2O6/c1-18(2,3)27-17(24)21-14-8-7-12(25-5)11-13(14)19(4,15(21)22)9-10-20-16(23)26-6/h7-8,11H,9-10H2,1-6H3,(H,20,23)/t19-/m1/s1. The zero-order valence-electron chi connectivity index (χ0n) is 16.5. The number of fused-ring (bicyclic) bond motifs is 1. The monoisotopic (exact) mass is 378 g/mol. The van der Waals surface area contributed by atoms with E-state index in [-0.39, 0.29) is 13.0 Å². The topological polar surface area (TPSA) is 94.2 Å². The van der Waals surface area contributed by atoms with E-state index in [9.17, 15) is 14.4 Å². The van der Waals surface area contributed by atoms with Gasteiger partial charge in [-0.15, -0.1) is 0 Å². The lowest BCUT2D eigenvalue weighted by molar-refractivity contribution is -0.122. The summed E-state index contributed by atoms with van der Waals surface area (Å²) < 4.78 is 15.2. The van der Waals surface area contributed by atoms with E-state index in [1.54, 1.807) is 45.9 Å². The summed E-state index contributed by atoms with van der Waals surface area (Å²) in [7, 11) is 2.79. The van der Waals surface area contributed by atoms with Crippen LogP contribution < -0.4 is 15.0 Å². The van der Waals surface area contributed by atoms with Crippen LogP contribution >= 0.6 is 0 Å². The van der Waals surface area contributed by atoms with Crippen LogP contribution in [0.25, 0.3) is 0 Å². The quantitative estimate of drug-likeness (QED) is 0.866. The van der Waals surface area contributed by atoms with Crippen molar-refractivity contribution in [1.82, 2.24) is 5.32 Å². The maximum atomic E-state index is 13.2. The number of hydrogen-bond acceptors (Lipinski definition) is 6. The Balaban J connectivity index is 2.40. The van der Waals surface area contributed by atoms with Gasteiger partial charge in [0.15, 0.2) is 0 Å². The Kier molecular flexibility index (Phi) is 5.67. The summed E-state index contributed by atoms with van der Waals surface area (Å²) in [4.78, 5) is 38.2. The lowest BCUT2D eigenvalue weighted by atomic mass is 9.80. The van der Waals surface area contributed by atoms with Crippen molar-refractivity contribution in [2.75, 3.05) is 25.7 Å². The minimum atomic E-state index is -1.03. The van der Waals surface area contributed by atoms with Gasteiger partial charge in [0.2, 0.25) is 5.91 Å². The van der Waals surface area contributed by atoms with Gasteiger partial charge in [-0.25, -0.2) is 14.5 Å². The third-order valence-electron chi connectivity index (χ3n) is 4.37. The molecule has 27 heavy (non-hydrogen) atoms. The molecular formula is C19H26N2O6. The molecule has 0 spiro atoms. The number of methoxy groups -OCH3 is 2. The highest BCUT2D eigenvalue weighted by Crippen LogP contribution is 2.45. The molecule has 0 fully saturated rings. The van der Waals surface area contributed by atoms with Gasteiger partial charge in [0.05, 0.1) is 25.3 Å². The number of ether oxygens (including phenoxy) is 3. The van der Waals surface area contributed by atoms with Gasteiger partial charge in [-0.05, 0) is 57.9 Å². The maximum absolute atomic E-state index is 13.2. The molecule has 0 saturated heterocycles. The van der Waals surface area contributed by atoms with Crippen LogP contribution in [0.5, 0.6) is 5.75 Å². The maximum Gasteiger partial charge on any atom is 0.421 e. The Morgan fingerprint density at radius 1 is 1.22 bits per heavy atom. The van der Waals surface area contributed by atoms with E-state index in [0.717, 1.165) is 4.90 Å². The molecular weight excluding hydrogens is 352 g/mol. The molecule has 1 aromatic rings. The number of carbonyl (C=O) groups is 3. The molecule has 8 heteroatoms. The first-order valence-electron chi connectivity index (χ1n) is 8.61. The van der Waals surface area contributed by atoms with Crippen LogP contribution in [-0.4, -0.2) is 44.5 Å². The Morgan fingerprint density at radius 3 is 2.44 bits per heavy atom. The van der Waals surface area contributed by atoms with E-state index < -0.39 is 29.1 Å². The highest BCUT2D eigenvalue weighted by Gasteiger charge is 2.50. The summed E-state index contributed by atoms with van der Waals surface area (Å²) in [5.41, 5.74) is -0.669. The van der Waals surface area contributed by atoms with Gasteiger partial charge >= 0.3 is 12.2 Å². The lowest BCUT2D eigenvalue weighted by Gasteiger charge is -2.26. The van der Waals surface area contributed by atoms with Crippen molar-refractivity contribution in [1.29, 1.82) is 0 Å². The Hall–Kier alpha value is -2.77. The molecule has 0 radical (unpaired) electrons. The number of carbonyl (C=O) groups excluding carboxylic acids is 3. The third kappa shape index (κ3) is 4.15. The first-order chi connectivity index (χ1) is 12.5. The van der Waals surface area contributed by atoms with Crippen molar-refractivity contribution in [3.8, 4) is 5.75 Å². The van der Waals surface area contributed by atoms with Crippen molar-refractivity contribution >= 4 is 23.8 Å². The molecule has 148 valence electrons. The molecule has 1 heterocycles. The Labute approximate surface area is 158 Å². The highest BCUT2D eigenvalue weighted by atomic mass is 16.6. The van der Waals surface area contributed by atoms with E-state index >= 15 is 0 Å². The molecule has 0 bridgehead atoms. The van der Waals surface area contributed by atoms with E-state index in [4.69, 9.17) is 9.47 Å². The summed E-state index contributed by atoms with van der Waals surface area (Å²) in [5, 5.41) is 2.57. The molecule has 1 aliphatic rings. The number of amides is 3. The first-order valence-corrected chi connectivity index (χ1v) is 8.61. The second-order valence-corrected chi connectivity index (χ2v) is 7.50. The highest BCUT2D eigenvalue weighted by molar-refractivity contribution is 6.21. The van der Waals surface area contributed by atoms with Gasteiger partial charge in [0, 0.05) is 6.54 Å².